The Bertz CT molecular complexity index is 526. The molecule has 1 aromatic heterocycles. The maximum Gasteiger partial charge on any atom is 0.108 e. The average molecular weight is 244 g/mol. The van der Waals surface area contributed by atoms with Crippen molar-refractivity contribution in [2.24, 2.45) is 5.73 Å². The highest BCUT2D eigenvalue weighted by molar-refractivity contribution is 5.75. The molecule has 2 aromatic rings. The topological polar surface area (TPSA) is 57.9 Å². The minimum Gasteiger partial charge on any atom is -0.342 e. The normalized spacial score (nSPS) is 16.7. The zero-order chi connectivity index (χ0) is 12.4. The van der Waals surface area contributed by atoms with Crippen molar-refractivity contribution in [3.8, 4) is 0 Å². The van der Waals surface area contributed by atoms with Crippen LogP contribution in [-0.4, -0.2) is 34.5 Å². The smallest absolute Gasteiger partial charge is 0.108 e. The van der Waals surface area contributed by atoms with Crippen LogP contribution in [0.2, 0.25) is 0 Å². The Hall–Kier alpha value is -1.39. The Labute approximate surface area is 107 Å². The Kier molecular flexibility index (Phi) is 3.30. The SMILES string of the molecule is NCc1ccc2nc(CCN3CCCC3)[nH]c2c1. The molecule has 1 fully saturated rings. The van der Waals surface area contributed by atoms with Crippen molar-refractivity contribution < 1.29 is 0 Å². The third-order valence-corrected chi connectivity index (χ3v) is 3.69. The van der Waals surface area contributed by atoms with Crippen LogP contribution in [0, 0.1) is 0 Å². The highest BCUT2D eigenvalue weighted by Gasteiger charge is 2.12. The second kappa shape index (κ2) is 5.08. The molecule has 3 N–H and O–H groups in total. The molecule has 1 aromatic carbocycles. The molecule has 0 radical (unpaired) electrons. The number of nitrogens with two attached hydrogens (primary N) is 1. The maximum absolute atomic E-state index is 5.65. The molecule has 96 valence electrons. The molecule has 18 heavy (non-hydrogen) atoms. The molecular weight excluding hydrogens is 224 g/mol. The van der Waals surface area contributed by atoms with Gasteiger partial charge in [-0.2, -0.15) is 0 Å². The standard InChI is InChI=1S/C14H20N4/c15-10-11-3-4-12-13(9-11)17-14(16-12)5-8-18-6-1-2-7-18/h3-4,9H,1-2,5-8,10,15H2,(H,16,17). The Balaban J connectivity index is 1.72. The summed E-state index contributed by atoms with van der Waals surface area (Å²) in [5, 5.41) is 0. The van der Waals surface area contributed by atoms with E-state index in [4.69, 9.17) is 5.73 Å². The monoisotopic (exact) mass is 244 g/mol. The van der Waals surface area contributed by atoms with E-state index >= 15 is 0 Å². The van der Waals surface area contributed by atoms with Crippen LogP contribution in [0.5, 0.6) is 0 Å². The maximum atomic E-state index is 5.65. The molecule has 0 atom stereocenters. The number of nitrogens with one attached hydrogen (secondary N) is 1. The fourth-order valence-corrected chi connectivity index (χ4v) is 2.63. The molecule has 1 aliphatic rings. The molecule has 0 unspecified atom stereocenters. The number of hydrogen-bond donors (Lipinski definition) is 2. The van der Waals surface area contributed by atoms with E-state index in [1.54, 1.807) is 0 Å². The van der Waals surface area contributed by atoms with Crippen LogP contribution in [0.15, 0.2) is 18.2 Å². The van der Waals surface area contributed by atoms with Gasteiger partial charge in [-0.15, -0.1) is 0 Å². The van der Waals surface area contributed by atoms with Gasteiger partial charge in [0, 0.05) is 19.5 Å². The van der Waals surface area contributed by atoms with Crippen LogP contribution in [-0.2, 0) is 13.0 Å². The van der Waals surface area contributed by atoms with Gasteiger partial charge in [0.15, 0.2) is 0 Å². The van der Waals surface area contributed by atoms with Crippen molar-refractivity contribution in [1.82, 2.24) is 14.9 Å². The zero-order valence-corrected chi connectivity index (χ0v) is 10.7. The number of likely N-dealkylation sites (tertiary alicyclic amines) is 1. The summed E-state index contributed by atoms with van der Waals surface area (Å²) < 4.78 is 0. The molecule has 0 spiro atoms. The van der Waals surface area contributed by atoms with E-state index in [-0.39, 0.29) is 0 Å². The molecule has 0 saturated carbocycles. The second-order valence-corrected chi connectivity index (χ2v) is 5.04. The Morgan fingerprint density at radius 3 is 2.89 bits per heavy atom. The highest BCUT2D eigenvalue weighted by atomic mass is 15.1. The predicted octanol–water partition coefficient (Wildman–Crippen LogP) is 1.66. The largest absolute Gasteiger partial charge is 0.342 e. The number of fused-ring (bicyclic) bond motifs is 1. The number of aromatic amines is 1. The number of hydrogen-bond acceptors (Lipinski definition) is 3. The molecule has 4 nitrogen and oxygen atoms in total. The fraction of sp³-hybridized carbons (Fsp3) is 0.500. The van der Waals surface area contributed by atoms with Crippen molar-refractivity contribution in [3.05, 3.63) is 29.6 Å². The van der Waals surface area contributed by atoms with Crippen LogP contribution in [0.3, 0.4) is 0 Å². The quantitative estimate of drug-likeness (QED) is 0.860. The first-order valence-corrected chi connectivity index (χ1v) is 6.75. The molecule has 0 aliphatic carbocycles. The summed E-state index contributed by atoms with van der Waals surface area (Å²) in [5.41, 5.74) is 8.95. The molecule has 4 heteroatoms. The van der Waals surface area contributed by atoms with Crippen molar-refractivity contribution >= 4 is 11.0 Å². The van der Waals surface area contributed by atoms with Gasteiger partial charge < -0.3 is 15.6 Å². The number of H-pyrrole nitrogens is 1. The van der Waals surface area contributed by atoms with Crippen LogP contribution >= 0.6 is 0 Å². The van der Waals surface area contributed by atoms with Crippen LogP contribution in [0.25, 0.3) is 11.0 Å². The minimum absolute atomic E-state index is 0.581. The van der Waals surface area contributed by atoms with Crippen molar-refractivity contribution in [2.45, 2.75) is 25.8 Å². The van der Waals surface area contributed by atoms with Gasteiger partial charge in [-0.05, 0) is 43.6 Å². The van der Waals surface area contributed by atoms with Crippen molar-refractivity contribution in [3.63, 3.8) is 0 Å². The van der Waals surface area contributed by atoms with Crippen LogP contribution in [0.4, 0.5) is 0 Å². The van der Waals surface area contributed by atoms with Gasteiger partial charge >= 0.3 is 0 Å². The number of benzene rings is 1. The van der Waals surface area contributed by atoms with Gasteiger partial charge in [-0.1, -0.05) is 6.07 Å². The predicted molar refractivity (Wildman–Crippen MR) is 73.4 cm³/mol. The van der Waals surface area contributed by atoms with Gasteiger partial charge in [0.1, 0.15) is 5.82 Å². The first-order valence-electron chi connectivity index (χ1n) is 6.75. The molecule has 0 amide bonds. The lowest BCUT2D eigenvalue weighted by Crippen LogP contribution is -2.22. The summed E-state index contributed by atoms with van der Waals surface area (Å²) in [7, 11) is 0. The third kappa shape index (κ3) is 2.40. The lowest BCUT2D eigenvalue weighted by Gasteiger charge is -2.12. The molecule has 3 rings (SSSR count). The van der Waals surface area contributed by atoms with Gasteiger partial charge in [0.05, 0.1) is 11.0 Å². The summed E-state index contributed by atoms with van der Waals surface area (Å²) in [6.45, 7) is 4.19. The number of imidazole rings is 1. The van der Waals surface area contributed by atoms with E-state index in [0.717, 1.165) is 35.4 Å². The number of nitrogens with zero attached hydrogens (tertiary/aromatic N) is 2. The average Bonchev–Trinajstić information content (AvgIpc) is 3.04. The lowest BCUT2D eigenvalue weighted by molar-refractivity contribution is 0.341. The van der Waals surface area contributed by atoms with Crippen LogP contribution in [0.1, 0.15) is 24.2 Å². The number of aromatic nitrogens is 2. The molecule has 2 heterocycles. The van der Waals surface area contributed by atoms with Crippen molar-refractivity contribution in [1.29, 1.82) is 0 Å². The molecular formula is C14H20N4. The Morgan fingerprint density at radius 2 is 2.11 bits per heavy atom. The van der Waals surface area contributed by atoms with E-state index in [9.17, 15) is 0 Å². The summed E-state index contributed by atoms with van der Waals surface area (Å²) in [4.78, 5) is 10.5. The summed E-state index contributed by atoms with van der Waals surface area (Å²) in [6.07, 6.45) is 3.70. The van der Waals surface area contributed by atoms with E-state index in [1.807, 2.05) is 12.1 Å². The zero-order valence-electron chi connectivity index (χ0n) is 10.7. The minimum atomic E-state index is 0.581. The van der Waals surface area contributed by atoms with Gasteiger partial charge in [-0.25, -0.2) is 4.98 Å². The first-order chi connectivity index (χ1) is 8.85. The van der Waals surface area contributed by atoms with Crippen LogP contribution < -0.4 is 5.73 Å². The van der Waals surface area contributed by atoms with E-state index in [1.165, 1.54) is 25.9 Å². The first kappa shape index (κ1) is 11.7. The second-order valence-electron chi connectivity index (χ2n) is 5.04. The van der Waals surface area contributed by atoms with E-state index < -0.39 is 0 Å². The van der Waals surface area contributed by atoms with Gasteiger partial charge in [-0.3, -0.25) is 0 Å². The number of rotatable bonds is 4. The third-order valence-electron chi connectivity index (χ3n) is 3.69. The fourth-order valence-electron chi connectivity index (χ4n) is 2.63. The van der Waals surface area contributed by atoms with Gasteiger partial charge in [0.25, 0.3) is 0 Å². The molecule has 1 aliphatic heterocycles. The summed E-state index contributed by atoms with van der Waals surface area (Å²) in [6, 6.07) is 6.20. The molecule has 0 bridgehead atoms. The Morgan fingerprint density at radius 1 is 1.28 bits per heavy atom. The summed E-state index contributed by atoms with van der Waals surface area (Å²) in [5.74, 6) is 1.09. The van der Waals surface area contributed by atoms with E-state index in [0.29, 0.717) is 6.54 Å². The van der Waals surface area contributed by atoms with Gasteiger partial charge in [0.2, 0.25) is 0 Å². The molecule has 1 saturated heterocycles. The highest BCUT2D eigenvalue weighted by Crippen LogP contribution is 2.15. The van der Waals surface area contributed by atoms with Crippen molar-refractivity contribution in [2.75, 3.05) is 19.6 Å². The van der Waals surface area contributed by atoms with E-state index in [2.05, 4.69) is 20.9 Å². The lowest BCUT2D eigenvalue weighted by atomic mass is 10.2. The summed E-state index contributed by atoms with van der Waals surface area (Å²) >= 11 is 0.